The van der Waals surface area contributed by atoms with Gasteiger partial charge in [0.15, 0.2) is 0 Å². The lowest BCUT2D eigenvalue weighted by molar-refractivity contribution is -0.143. The predicted molar refractivity (Wildman–Crippen MR) is 73.3 cm³/mol. The lowest BCUT2D eigenvalue weighted by Crippen LogP contribution is -2.50. The van der Waals surface area contributed by atoms with Crippen molar-refractivity contribution in [1.82, 2.24) is 14.7 Å². The van der Waals surface area contributed by atoms with Gasteiger partial charge < -0.3 is 14.9 Å². The average Bonchev–Trinajstić information content (AvgIpc) is 2.96. The lowest BCUT2D eigenvalue weighted by Gasteiger charge is -2.34. The SMILES string of the molecule is CN1CCN(C(=O)CN2C3CCC2C(C(=O)O)C3)CC1. The summed E-state index contributed by atoms with van der Waals surface area (Å²) in [5.74, 6) is -0.802. The van der Waals surface area contributed by atoms with Crippen LogP contribution in [0.25, 0.3) is 0 Å². The number of hydrogen-bond acceptors (Lipinski definition) is 4. The summed E-state index contributed by atoms with van der Waals surface area (Å²) in [4.78, 5) is 29.9. The zero-order valence-electron chi connectivity index (χ0n) is 12.0. The molecule has 20 heavy (non-hydrogen) atoms. The van der Waals surface area contributed by atoms with Gasteiger partial charge in [-0.25, -0.2) is 0 Å². The number of amides is 1. The van der Waals surface area contributed by atoms with Crippen LogP contribution < -0.4 is 0 Å². The summed E-state index contributed by atoms with van der Waals surface area (Å²) < 4.78 is 0. The second-order valence-electron chi connectivity index (χ2n) is 6.34. The molecule has 0 aliphatic carbocycles. The molecule has 1 N–H and O–H groups in total. The van der Waals surface area contributed by atoms with Crippen LogP contribution in [-0.2, 0) is 9.59 Å². The summed E-state index contributed by atoms with van der Waals surface area (Å²) in [6.45, 7) is 3.84. The van der Waals surface area contributed by atoms with E-state index in [4.69, 9.17) is 0 Å². The molecule has 6 nitrogen and oxygen atoms in total. The Balaban J connectivity index is 1.58. The van der Waals surface area contributed by atoms with Gasteiger partial charge in [-0.05, 0) is 26.3 Å². The van der Waals surface area contributed by atoms with Crippen molar-refractivity contribution >= 4 is 11.9 Å². The number of piperazine rings is 1. The van der Waals surface area contributed by atoms with Gasteiger partial charge in [-0.1, -0.05) is 0 Å². The molecular formula is C14H23N3O3. The molecule has 0 spiro atoms. The van der Waals surface area contributed by atoms with Crippen molar-refractivity contribution in [2.75, 3.05) is 39.8 Å². The van der Waals surface area contributed by atoms with E-state index in [0.717, 1.165) is 45.4 Å². The fourth-order valence-electron chi connectivity index (χ4n) is 3.93. The third-order valence-corrected chi connectivity index (χ3v) is 5.17. The highest BCUT2D eigenvalue weighted by Crippen LogP contribution is 2.41. The molecule has 112 valence electrons. The molecule has 3 unspecified atom stereocenters. The first kappa shape index (κ1) is 13.8. The number of carbonyl (C=O) groups is 2. The molecular weight excluding hydrogens is 258 g/mol. The van der Waals surface area contributed by atoms with Gasteiger partial charge in [-0.3, -0.25) is 14.5 Å². The minimum Gasteiger partial charge on any atom is -0.481 e. The summed E-state index contributed by atoms with van der Waals surface area (Å²) in [7, 11) is 2.07. The smallest absolute Gasteiger partial charge is 0.308 e. The van der Waals surface area contributed by atoms with Crippen molar-refractivity contribution in [2.45, 2.75) is 31.3 Å². The Hall–Kier alpha value is -1.14. The van der Waals surface area contributed by atoms with Gasteiger partial charge in [0.25, 0.3) is 0 Å². The lowest BCUT2D eigenvalue weighted by atomic mass is 9.89. The van der Waals surface area contributed by atoms with Crippen molar-refractivity contribution in [3.05, 3.63) is 0 Å². The highest BCUT2D eigenvalue weighted by molar-refractivity contribution is 5.79. The molecule has 3 aliphatic rings. The normalized spacial score (nSPS) is 34.6. The van der Waals surface area contributed by atoms with Gasteiger partial charge in [0.2, 0.25) is 5.91 Å². The third-order valence-electron chi connectivity index (χ3n) is 5.17. The Morgan fingerprint density at radius 2 is 1.85 bits per heavy atom. The van der Waals surface area contributed by atoms with Crippen molar-refractivity contribution in [3.8, 4) is 0 Å². The van der Waals surface area contributed by atoms with Gasteiger partial charge in [-0.2, -0.15) is 0 Å². The van der Waals surface area contributed by atoms with Crippen LogP contribution in [0.3, 0.4) is 0 Å². The van der Waals surface area contributed by atoms with Crippen LogP contribution in [0.15, 0.2) is 0 Å². The second-order valence-corrected chi connectivity index (χ2v) is 6.34. The number of likely N-dealkylation sites (N-methyl/N-ethyl adjacent to an activating group) is 1. The van der Waals surface area contributed by atoms with E-state index in [0.29, 0.717) is 12.6 Å². The number of carboxylic acid groups (broad SMARTS) is 1. The fourth-order valence-corrected chi connectivity index (χ4v) is 3.93. The number of rotatable bonds is 3. The van der Waals surface area contributed by atoms with E-state index in [1.165, 1.54) is 0 Å². The van der Waals surface area contributed by atoms with Crippen molar-refractivity contribution in [2.24, 2.45) is 5.92 Å². The van der Waals surface area contributed by atoms with E-state index < -0.39 is 5.97 Å². The highest BCUT2D eigenvalue weighted by Gasteiger charge is 2.49. The van der Waals surface area contributed by atoms with E-state index in [1.54, 1.807) is 0 Å². The molecule has 3 fully saturated rings. The van der Waals surface area contributed by atoms with Crippen LogP contribution in [0.5, 0.6) is 0 Å². The summed E-state index contributed by atoms with van der Waals surface area (Å²) in [5.41, 5.74) is 0. The largest absolute Gasteiger partial charge is 0.481 e. The number of carboxylic acids is 1. The standard InChI is InChI=1S/C14H23N3O3/c1-15-4-6-16(7-5-15)13(18)9-17-10-2-3-12(17)11(8-10)14(19)20/h10-12H,2-9H2,1H3,(H,19,20). The average molecular weight is 281 g/mol. The zero-order chi connectivity index (χ0) is 14.3. The Labute approximate surface area is 119 Å². The molecule has 3 heterocycles. The number of aliphatic carboxylic acids is 1. The molecule has 3 rings (SSSR count). The Morgan fingerprint density at radius 1 is 1.15 bits per heavy atom. The van der Waals surface area contributed by atoms with Crippen molar-refractivity contribution in [1.29, 1.82) is 0 Å². The Morgan fingerprint density at radius 3 is 2.45 bits per heavy atom. The van der Waals surface area contributed by atoms with Gasteiger partial charge >= 0.3 is 5.97 Å². The van der Waals surface area contributed by atoms with E-state index in [9.17, 15) is 14.7 Å². The van der Waals surface area contributed by atoms with Gasteiger partial charge in [0.05, 0.1) is 12.5 Å². The molecule has 0 saturated carbocycles. The number of carbonyl (C=O) groups excluding carboxylic acids is 1. The zero-order valence-corrected chi connectivity index (χ0v) is 12.0. The van der Waals surface area contributed by atoms with Crippen LogP contribution in [0.4, 0.5) is 0 Å². The molecule has 3 atom stereocenters. The molecule has 2 bridgehead atoms. The quantitative estimate of drug-likeness (QED) is 0.769. The minimum atomic E-state index is -0.700. The number of hydrogen-bond donors (Lipinski definition) is 1. The van der Waals surface area contributed by atoms with Crippen LogP contribution in [-0.4, -0.2) is 83.5 Å². The van der Waals surface area contributed by atoms with E-state index in [2.05, 4.69) is 16.8 Å². The minimum absolute atomic E-state index is 0.0777. The second kappa shape index (κ2) is 5.33. The predicted octanol–water partition coefficient (Wildman–Crippen LogP) is -0.302. The van der Waals surface area contributed by atoms with Crippen LogP contribution in [0.1, 0.15) is 19.3 Å². The molecule has 1 amide bonds. The van der Waals surface area contributed by atoms with E-state index in [1.807, 2.05) is 4.90 Å². The van der Waals surface area contributed by atoms with E-state index >= 15 is 0 Å². The number of fused-ring (bicyclic) bond motifs is 2. The first-order valence-corrected chi connectivity index (χ1v) is 7.51. The molecule has 3 saturated heterocycles. The Kier molecular flexibility index (Phi) is 3.69. The van der Waals surface area contributed by atoms with Gasteiger partial charge in [0.1, 0.15) is 0 Å². The maximum absolute atomic E-state index is 12.4. The molecule has 0 aromatic heterocycles. The molecule has 6 heteroatoms. The van der Waals surface area contributed by atoms with Crippen LogP contribution >= 0.6 is 0 Å². The maximum atomic E-state index is 12.4. The molecule has 0 aromatic carbocycles. The summed E-state index contributed by atoms with van der Waals surface area (Å²) in [6, 6.07) is 0.381. The maximum Gasteiger partial charge on any atom is 0.308 e. The third kappa shape index (κ3) is 2.42. The topological polar surface area (TPSA) is 64.1 Å². The van der Waals surface area contributed by atoms with Crippen molar-refractivity contribution < 1.29 is 14.7 Å². The molecule has 3 aliphatic heterocycles. The van der Waals surface area contributed by atoms with Crippen LogP contribution in [0.2, 0.25) is 0 Å². The highest BCUT2D eigenvalue weighted by atomic mass is 16.4. The molecule has 0 aromatic rings. The van der Waals surface area contributed by atoms with Gasteiger partial charge in [0, 0.05) is 38.3 Å². The fraction of sp³-hybridized carbons (Fsp3) is 0.857. The van der Waals surface area contributed by atoms with Crippen molar-refractivity contribution in [3.63, 3.8) is 0 Å². The first-order valence-electron chi connectivity index (χ1n) is 7.51. The monoisotopic (exact) mass is 281 g/mol. The van der Waals surface area contributed by atoms with Gasteiger partial charge in [-0.15, -0.1) is 0 Å². The Bertz CT molecular complexity index is 406. The van der Waals surface area contributed by atoms with Crippen LogP contribution in [0, 0.1) is 5.92 Å². The molecule has 0 radical (unpaired) electrons. The summed E-state index contributed by atoms with van der Waals surface area (Å²) in [6.07, 6.45) is 2.69. The summed E-state index contributed by atoms with van der Waals surface area (Å²) in [5, 5.41) is 9.24. The number of nitrogens with zero attached hydrogens (tertiary/aromatic N) is 3. The summed E-state index contributed by atoms with van der Waals surface area (Å²) >= 11 is 0. The first-order chi connectivity index (χ1) is 9.56. The van der Waals surface area contributed by atoms with E-state index in [-0.39, 0.29) is 17.9 Å².